The zero-order chi connectivity index (χ0) is 12.4. The molecule has 1 fully saturated rings. The molecule has 0 N–H and O–H groups in total. The predicted octanol–water partition coefficient (Wildman–Crippen LogP) is 3.34. The van der Waals surface area contributed by atoms with Crippen LogP contribution < -0.4 is 0 Å². The Labute approximate surface area is 112 Å². The Hall–Kier alpha value is -1.22. The van der Waals surface area contributed by atoms with Gasteiger partial charge in [-0.2, -0.15) is 0 Å². The minimum atomic E-state index is 0.225. The normalized spacial score (nSPS) is 22.1. The summed E-state index contributed by atoms with van der Waals surface area (Å²) in [4.78, 5) is 15.9. The Balaban J connectivity index is 1.91. The fourth-order valence-corrected chi connectivity index (χ4v) is 3.58. The van der Waals surface area contributed by atoms with E-state index in [1.54, 1.807) is 11.8 Å². The van der Waals surface area contributed by atoms with E-state index < -0.39 is 0 Å². The Morgan fingerprint density at radius 2 is 1.94 bits per heavy atom. The molecule has 0 saturated carbocycles. The lowest BCUT2D eigenvalue weighted by molar-refractivity contribution is 0.102. The molecule has 94 valence electrons. The van der Waals surface area contributed by atoms with E-state index in [1.807, 2.05) is 18.2 Å². The third kappa shape index (κ3) is 2.32. The molecule has 0 unspecified atom stereocenters. The number of benzene rings is 1. The van der Waals surface area contributed by atoms with Gasteiger partial charge >= 0.3 is 0 Å². The average Bonchev–Trinajstić information content (AvgIpc) is 2.85. The van der Waals surface area contributed by atoms with E-state index in [1.165, 1.54) is 12.8 Å². The molecule has 0 aromatic heterocycles. The zero-order valence-corrected chi connectivity index (χ0v) is 11.2. The highest BCUT2D eigenvalue weighted by Gasteiger charge is 2.21. The Morgan fingerprint density at radius 3 is 2.78 bits per heavy atom. The second-order valence-electron chi connectivity index (χ2n) is 4.82. The SMILES string of the molecule is O=C1/C(=C/N2CCCC2)CCSc2ccccc21. The van der Waals surface area contributed by atoms with E-state index in [-0.39, 0.29) is 5.78 Å². The van der Waals surface area contributed by atoms with Gasteiger partial charge in [0.2, 0.25) is 0 Å². The van der Waals surface area contributed by atoms with Crippen molar-refractivity contribution in [2.45, 2.75) is 24.2 Å². The summed E-state index contributed by atoms with van der Waals surface area (Å²) in [5.41, 5.74) is 1.86. The lowest BCUT2D eigenvalue weighted by Gasteiger charge is -2.13. The Morgan fingerprint density at radius 1 is 1.17 bits per heavy atom. The fourth-order valence-electron chi connectivity index (χ4n) is 2.55. The van der Waals surface area contributed by atoms with Crippen LogP contribution in [-0.2, 0) is 0 Å². The van der Waals surface area contributed by atoms with Gasteiger partial charge in [-0.15, -0.1) is 11.8 Å². The third-order valence-electron chi connectivity index (χ3n) is 3.53. The van der Waals surface area contributed by atoms with Gasteiger partial charge in [-0.3, -0.25) is 4.79 Å². The van der Waals surface area contributed by atoms with Crippen molar-refractivity contribution in [1.82, 2.24) is 4.90 Å². The first kappa shape index (κ1) is 11.8. The van der Waals surface area contributed by atoms with Crippen LogP contribution in [0.5, 0.6) is 0 Å². The summed E-state index contributed by atoms with van der Waals surface area (Å²) < 4.78 is 0. The molecule has 2 aliphatic rings. The van der Waals surface area contributed by atoms with Crippen LogP contribution in [-0.4, -0.2) is 29.5 Å². The van der Waals surface area contributed by atoms with Gasteiger partial charge in [-0.05, 0) is 31.4 Å². The minimum absolute atomic E-state index is 0.225. The summed E-state index contributed by atoms with van der Waals surface area (Å²) in [5, 5.41) is 0. The van der Waals surface area contributed by atoms with Gasteiger partial charge in [0.1, 0.15) is 0 Å². The maximum absolute atomic E-state index is 12.5. The molecule has 2 aliphatic heterocycles. The van der Waals surface area contributed by atoms with Crippen LogP contribution in [0, 0.1) is 0 Å². The summed E-state index contributed by atoms with van der Waals surface area (Å²) in [6, 6.07) is 7.97. The van der Waals surface area contributed by atoms with Crippen LogP contribution in [0.15, 0.2) is 40.9 Å². The van der Waals surface area contributed by atoms with Crippen molar-refractivity contribution < 1.29 is 4.79 Å². The number of hydrogen-bond acceptors (Lipinski definition) is 3. The standard InChI is InChI=1S/C15H17NOS/c17-15-12(11-16-8-3-4-9-16)7-10-18-14-6-2-1-5-13(14)15/h1-2,5-6,11H,3-4,7-10H2/b12-11+. The summed E-state index contributed by atoms with van der Waals surface area (Å²) in [7, 11) is 0. The molecule has 1 aromatic rings. The quantitative estimate of drug-likeness (QED) is 0.721. The molecule has 1 aromatic carbocycles. The number of allylic oxidation sites excluding steroid dienone is 1. The summed E-state index contributed by atoms with van der Waals surface area (Å²) in [5.74, 6) is 1.23. The number of ketones is 1. The first-order valence-corrected chi connectivity index (χ1v) is 7.54. The highest BCUT2D eigenvalue weighted by molar-refractivity contribution is 7.99. The zero-order valence-electron chi connectivity index (χ0n) is 10.4. The maximum Gasteiger partial charge on any atom is 0.191 e. The van der Waals surface area contributed by atoms with Crippen LogP contribution in [0.25, 0.3) is 0 Å². The Bertz CT molecular complexity index is 489. The van der Waals surface area contributed by atoms with Gasteiger partial charge < -0.3 is 4.90 Å². The molecule has 0 radical (unpaired) electrons. The number of likely N-dealkylation sites (tertiary alicyclic amines) is 1. The predicted molar refractivity (Wildman–Crippen MR) is 75.0 cm³/mol. The number of carbonyl (C=O) groups excluding carboxylic acids is 1. The third-order valence-corrected chi connectivity index (χ3v) is 4.61. The van der Waals surface area contributed by atoms with Crippen LogP contribution in [0.2, 0.25) is 0 Å². The van der Waals surface area contributed by atoms with Gasteiger partial charge in [-0.1, -0.05) is 12.1 Å². The number of rotatable bonds is 1. The van der Waals surface area contributed by atoms with Gasteiger partial charge in [0, 0.05) is 41.1 Å². The number of fused-ring (bicyclic) bond motifs is 1. The van der Waals surface area contributed by atoms with Crippen molar-refractivity contribution >= 4 is 17.5 Å². The van der Waals surface area contributed by atoms with Crippen LogP contribution in [0.4, 0.5) is 0 Å². The first-order valence-electron chi connectivity index (χ1n) is 6.56. The van der Waals surface area contributed by atoms with Crippen molar-refractivity contribution in [3.8, 4) is 0 Å². The highest BCUT2D eigenvalue weighted by atomic mass is 32.2. The largest absolute Gasteiger partial charge is 0.377 e. The molecule has 0 amide bonds. The van der Waals surface area contributed by atoms with E-state index >= 15 is 0 Å². The number of hydrogen-bond donors (Lipinski definition) is 0. The van der Waals surface area contributed by atoms with E-state index in [2.05, 4.69) is 17.2 Å². The van der Waals surface area contributed by atoms with Gasteiger partial charge in [0.05, 0.1) is 0 Å². The van der Waals surface area contributed by atoms with Crippen LogP contribution in [0.3, 0.4) is 0 Å². The summed E-state index contributed by atoms with van der Waals surface area (Å²) in [6.07, 6.45) is 5.50. The maximum atomic E-state index is 12.5. The fraction of sp³-hybridized carbons (Fsp3) is 0.400. The van der Waals surface area contributed by atoms with Gasteiger partial charge in [-0.25, -0.2) is 0 Å². The van der Waals surface area contributed by atoms with E-state index in [4.69, 9.17) is 0 Å². The minimum Gasteiger partial charge on any atom is -0.377 e. The smallest absolute Gasteiger partial charge is 0.191 e. The first-order chi connectivity index (χ1) is 8.84. The van der Waals surface area contributed by atoms with E-state index in [9.17, 15) is 4.79 Å². The molecule has 1 saturated heterocycles. The lowest BCUT2D eigenvalue weighted by atomic mass is 10.0. The molecule has 3 rings (SSSR count). The molecule has 2 heterocycles. The van der Waals surface area contributed by atoms with Gasteiger partial charge in [0.25, 0.3) is 0 Å². The lowest BCUT2D eigenvalue weighted by Crippen LogP contribution is -2.15. The van der Waals surface area contributed by atoms with E-state index in [0.717, 1.165) is 41.3 Å². The summed E-state index contributed by atoms with van der Waals surface area (Å²) in [6.45, 7) is 2.21. The van der Waals surface area contributed by atoms with Crippen LogP contribution >= 0.6 is 11.8 Å². The number of Topliss-reactive ketones (excluding diaryl/α,β-unsaturated/α-hetero) is 1. The molecule has 0 atom stereocenters. The van der Waals surface area contributed by atoms with E-state index in [0.29, 0.717) is 0 Å². The second-order valence-corrected chi connectivity index (χ2v) is 5.96. The number of carbonyl (C=O) groups is 1. The van der Waals surface area contributed by atoms with Crippen molar-refractivity contribution in [2.75, 3.05) is 18.8 Å². The van der Waals surface area contributed by atoms with Crippen molar-refractivity contribution in [3.05, 3.63) is 41.6 Å². The highest BCUT2D eigenvalue weighted by Crippen LogP contribution is 2.31. The molecule has 3 heteroatoms. The molecular formula is C15H17NOS. The Kier molecular flexibility index (Phi) is 3.41. The second kappa shape index (κ2) is 5.19. The molecule has 0 bridgehead atoms. The molecule has 2 nitrogen and oxygen atoms in total. The molecule has 0 spiro atoms. The molecular weight excluding hydrogens is 242 g/mol. The molecule has 18 heavy (non-hydrogen) atoms. The number of thioether (sulfide) groups is 1. The van der Waals surface area contributed by atoms with Gasteiger partial charge in [0.15, 0.2) is 5.78 Å². The topological polar surface area (TPSA) is 20.3 Å². The average molecular weight is 259 g/mol. The molecule has 0 aliphatic carbocycles. The monoisotopic (exact) mass is 259 g/mol. The van der Waals surface area contributed by atoms with Crippen LogP contribution in [0.1, 0.15) is 29.6 Å². The number of nitrogens with zero attached hydrogens (tertiary/aromatic N) is 1. The van der Waals surface area contributed by atoms with Crippen molar-refractivity contribution in [2.24, 2.45) is 0 Å². The summed E-state index contributed by atoms with van der Waals surface area (Å²) >= 11 is 1.79. The van der Waals surface area contributed by atoms with Crippen molar-refractivity contribution in [3.63, 3.8) is 0 Å². The van der Waals surface area contributed by atoms with Crippen molar-refractivity contribution in [1.29, 1.82) is 0 Å².